The van der Waals surface area contributed by atoms with Gasteiger partial charge in [0.05, 0.1) is 6.42 Å². The number of alkyl halides is 3. The van der Waals surface area contributed by atoms with E-state index in [-0.39, 0.29) is 35.9 Å². The smallest absolute Gasteiger partial charge is 0.357 e. The zero-order chi connectivity index (χ0) is 16.8. The molecular formula is C17H25F3IN3. The number of guanidine groups is 1. The second-order valence-corrected chi connectivity index (χ2v) is 6.15. The van der Waals surface area contributed by atoms with Gasteiger partial charge < -0.3 is 10.6 Å². The summed E-state index contributed by atoms with van der Waals surface area (Å²) in [6.07, 6.45) is -1.79. The quantitative estimate of drug-likeness (QED) is 0.369. The van der Waals surface area contributed by atoms with Gasteiger partial charge in [-0.1, -0.05) is 30.3 Å². The van der Waals surface area contributed by atoms with Crippen LogP contribution in [-0.4, -0.2) is 31.8 Å². The summed E-state index contributed by atoms with van der Waals surface area (Å²) >= 11 is 0. The monoisotopic (exact) mass is 455 g/mol. The third-order valence-electron chi connectivity index (χ3n) is 4.00. The van der Waals surface area contributed by atoms with Crippen LogP contribution in [0.1, 0.15) is 31.7 Å². The van der Waals surface area contributed by atoms with E-state index in [1.165, 1.54) is 5.56 Å². The van der Waals surface area contributed by atoms with Crippen molar-refractivity contribution >= 4 is 29.9 Å². The summed E-state index contributed by atoms with van der Waals surface area (Å²) in [5.74, 6) is 0.469. The molecule has 1 aliphatic rings. The van der Waals surface area contributed by atoms with Gasteiger partial charge in [-0.25, -0.2) is 0 Å². The maximum atomic E-state index is 12.2. The molecule has 136 valence electrons. The highest BCUT2D eigenvalue weighted by atomic mass is 127. The Hall–Kier alpha value is -0.990. The van der Waals surface area contributed by atoms with E-state index >= 15 is 0 Å². The SMILES string of the molecule is CCNC(=NCC1(Cc2ccccc2)CC1)NCCC(F)(F)F.I. The number of benzene rings is 1. The van der Waals surface area contributed by atoms with Crippen LogP contribution in [0.15, 0.2) is 35.3 Å². The van der Waals surface area contributed by atoms with Crippen molar-refractivity contribution < 1.29 is 13.2 Å². The molecule has 0 saturated heterocycles. The Bertz CT molecular complexity index is 514. The lowest BCUT2D eigenvalue weighted by Crippen LogP contribution is -2.39. The number of rotatable bonds is 7. The number of aliphatic imine (C=N–C) groups is 1. The lowest BCUT2D eigenvalue weighted by molar-refractivity contribution is -0.132. The highest BCUT2D eigenvalue weighted by Crippen LogP contribution is 2.48. The van der Waals surface area contributed by atoms with Crippen molar-refractivity contribution in [1.82, 2.24) is 10.6 Å². The Kier molecular flexibility index (Phi) is 8.32. The molecule has 1 aromatic carbocycles. The number of nitrogens with one attached hydrogen (secondary N) is 2. The van der Waals surface area contributed by atoms with Gasteiger partial charge in [-0.2, -0.15) is 13.2 Å². The first kappa shape index (κ1) is 21.1. The number of nitrogens with zero attached hydrogens (tertiary/aromatic N) is 1. The number of hydrogen-bond acceptors (Lipinski definition) is 1. The van der Waals surface area contributed by atoms with Gasteiger partial charge in [0.1, 0.15) is 0 Å². The Morgan fingerprint density at radius 1 is 1.17 bits per heavy atom. The van der Waals surface area contributed by atoms with E-state index in [1.807, 2.05) is 25.1 Å². The fourth-order valence-electron chi connectivity index (χ4n) is 2.51. The van der Waals surface area contributed by atoms with Crippen LogP contribution in [-0.2, 0) is 6.42 Å². The molecule has 0 atom stereocenters. The van der Waals surface area contributed by atoms with E-state index in [1.54, 1.807) is 0 Å². The van der Waals surface area contributed by atoms with Gasteiger partial charge in [-0.3, -0.25) is 4.99 Å². The normalized spacial score (nSPS) is 16.2. The van der Waals surface area contributed by atoms with Crippen molar-refractivity contribution in [3.8, 4) is 0 Å². The van der Waals surface area contributed by atoms with Crippen molar-refractivity contribution in [3.63, 3.8) is 0 Å². The van der Waals surface area contributed by atoms with E-state index in [0.29, 0.717) is 19.0 Å². The molecule has 7 heteroatoms. The van der Waals surface area contributed by atoms with E-state index in [4.69, 9.17) is 0 Å². The molecule has 1 aromatic rings. The first-order chi connectivity index (χ1) is 10.9. The van der Waals surface area contributed by atoms with Crippen LogP contribution < -0.4 is 10.6 Å². The summed E-state index contributed by atoms with van der Waals surface area (Å²) in [6.45, 7) is 3.02. The van der Waals surface area contributed by atoms with Crippen LogP contribution in [0.4, 0.5) is 13.2 Å². The van der Waals surface area contributed by atoms with Crippen LogP contribution in [0, 0.1) is 5.41 Å². The molecular weight excluding hydrogens is 430 g/mol. The van der Waals surface area contributed by atoms with Gasteiger partial charge in [0.2, 0.25) is 0 Å². The Balaban J connectivity index is 0.00000288. The molecule has 1 aliphatic carbocycles. The number of halogens is 4. The molecule has 0 aliphatic heterocycles. The molecule has 2 N–H and O–H groups in total. The molecule has 0 aromatic heterocycles. The van der Waals surface area contributed by atoms with Gasteiger partial charge in [0.25, 0.3) is 0 Å². The van der Waals surface area contributed by atoms with Gasteiger partial charge in [0.15, 0.2) is 5.96 Å². The molecule has 0 bridgehead atoms. The largest absolute Gasteiger partial charge is 0.390 e. The lowest BCUT2D eigenvalue weighted by atomic mass is 9.97. The fourth-order valence-corrected chi connectivity index (χ4v) is 2.51. The van der Waals surface area contributed by atoms with Crippen molar-refractivity contribution in [3.05, 3.63) is 35.9 Å². The first-order valence-corrected chi connectivity index (χ1v) is 8.05. The van der Waals surface area contributed by atoms with Crippen LogP contribution in [0.2, 0.25) is 0 Å². The van der Waals surface area contributed by atoms with Gasteiger partial charge >= 0.3 is 6.18 Å². The maximum Gasteiger partial charge on any atom is 0.390 e. The minimum atomic E-state index is -4.14. The lowest BCUT2D eigenvalue weighted by Gasteiger charge is -2.16. The fraction of sp³-hybridized carbons (Fsp3) is 0.588. The molecule has 0 radical (unpaired) electrons. The first-order valence-electron chi connectivity index (χ1n) is 8.05. The van der Waals surface area contributed by atoms with Gasteiger partial charge in [0, 0.05) is 19.6 Å². The summed E-state index contributed by atoms with van der Waals surface area (Å²) in [4.78, 5) is 4.49. The second-order valence-electron chi connectivity index (χ2n) is 6.15. The third kappa shape index (κ3) is 7.72. The topological polar surface area (TPSA) is 36.4 Å². The second kappa shape index (κ2) is 9.48. The zero-order valence-electron chi connectivity index (χ0n) is 13.8. The van der Waals surface area contributed by atoms with Gasteiger partial charge in [-0.05, 0) is 37.2 Å². The molecule has 1 fully saturated rings. The Morgan fingerprint density at radius 3 is 2.38 bits per heavy atom. The van der Waals surface area contributed by atoms with Crippen molar-refractivity contribution in [2.75, 3.05) is 19.6 Å². The minimum Gasteiger partial charge on any atom is -0.357 e. The average molecular weight is 455 g/mol. The molecule has 2 rings (SSSR count). The van der Waals surface area contributed by atoms with Crippen molar-refractivity contribution in [1.29, 1.82) is 0 Å². The van der Waals surface area contributed by atoms with E-state index < -0.39 is 12.6 Å². The molecule has 0 amide bonds. The highest BCUT2D eigenvalue weighted by Gasteiger charge is 2.42. The molecule has 0 spiro atoms. The Morgan fingerprint density at radius 2 is 1.83 bits per heavy atom. The summed E-state index contributed by atoms with van der Waals surface area (Å²) < 4.78 is 36.7. The van der Waals surface area contributed by atoms with Gasteiger partial charge in [-0.15, -0.1) is 24.0 Å². The third-order valence-corrected chi connectivity index (χ3v) is 4.00. The van der Waals surface area contributed by atoms with E-state index in [9.17, 15) is 13.2 Å². The van der Waals surface area contributed by atoms with Crippen LogP contribution >= 0.6 is 24.0 Å². The maximum absolute atomic E-state index is 12.2. The van der Waals surface area contributed by atoms with Crippen molar-refractivity contribution in [2.45, 2.75) is 38.8 Å². The summed E-state index contributed by atoms with van der Waals surface area (Å²) in [7, 11) is 0. The van der Waals surface area contributed by atoms with Crippen LogP contribution in [0.3, 0.4) is 0 Å². The summed E-state index contributed by atoms with van der Waals surface area (Å²) in [5, 5.41) is 5.76. The zero-order valence-corrected chi connectivity index (χ0v) is 16.2. The summed E-state index contributed by atoms with van der Waals surface area (Å²) in [6, 6.07) is 10.3. The van der Waals surface area contributed by atoms with Crippen molar-refractivity contribution in [2.24, 2.45) is 10.4 Å². The minimum absolute atomic E-state index is 0. The molecule has 0 heterocycles. The average Bonchev–Trinajstić information content (AvgIpc) is 3.24. The molecule has 1 saturated carbocycles. The predicted molar refractivity (Wildman–Crippen MR) is 102 cm³/mol. The molecule has 0 unspecified atom stereocenters. The predicted octanol–water partition coefficient (Wildman–Crippen LogP) is 4.13. The molecule has 3 nitrogen and oxygen atoms in total. The Labute approximate surface area is 158 Å². The molecule has 24 heavy (non-hydrogen) atoms. The summed E-state index contributed by atoms with van der Waals surface area (Å²) in [5.41, 5.74) is 1.46. The van der Waals surface area contributed by atoms with Crippen LogP contribution in [0.25, 0.3) is 0 Å². The standard InChI is InChI=1S/C17H24F3N3.HI/c1-2-21-15(22-11-10-17(18,19)20)23-13-16(8-9-16)12-14-6-4-3-5-7-14;/h3-7H,2,8-13H2,1H3,(H2,21,22,23);1H. The van der Waals surface area contributed by atoms with E-state index in [2.05, 4.69) is 27.8 Å². The highest BCUT2D eigenvalue weighted by molar-refractivity contribution is 14.0. The number of hydrogen-bond donors (Lipinski definition) is 2. The van der Waals surface area contributed by atoms with E-state index in [0.717, 1.165) is 19.3 Å². The van der Waals surface area contributed by atoms with Crippen LogP contribution in [0.5, 0.6) is 0 Å².